The van der Waals surface area contributed by atoms with Gasteiger partial charge in [-0.05, 0) is 45.7 Å². The van der Waals surface area contributed by atoms with Crippen LogP contribution in [0.25, 0.3) is 0 Å². The molecule has 1 aliphatic heterocycles. The van der Waals surface area contributed by atoms with Crippen LogP contribution in [0.3, 0.4) is 0 Å². The Morgan fingerprint density at radius 3 is 2.63 bits per heavy atom. The summed E-state index contributed by atoms with van der Waals surface area (Å²) >= 11 is 0. The summed E-state index contributed by atoms with van der Waals surface area (Å²) in [5, 5.41) is 7.53. The lowest BCUT2D eigenvalue weighted by molar-refractivity contribution is 0.0518. The Balaban J connectivity index is 2.18. The minimum absolute atomic E-state index is 0.0434. The second-order valence-corrected chi connectivity index (χ2v) is 5.19. The van der Waals surface area contributed by atoms with Crippen molar-refractivity contribution in [3.05, 3.63) is 11.7 Å². The highest BCUT2D eigenvalue weighted by Crippen LogP contribution is 2.36. The zero-order chi connectivity index (χ0) is 13.7. The summed E-state index contributed by atoms with van der Waals surface area (Å²) < 4.78 is 11.2. The third kappa shape index (κ3) is 2.98. The molecule has 19 heavy (non-hydrogen) atoms. The highest BCUT2D eigenvalue weighted by molar-refractivity contribution is 5.08. The van der Waals surface area contributed by atoms with Crippen LogP contribution in [-0.4, -0.2) is 29.8 Å². The quantitative estimate of drug-likeness (QED) is 0.858. The zero-order valence-electron chi connectivity index (χ0n) is 12.2. The minimum Gasteiger partial charge on any atom is -0.370 e. The molecule has 0 aliphatic carbocycles. The molecule has 1 unspecified atom stereocenters. The van der Waals surface area contributed by atoms with E-state index in [0.29, 0.717) is 12.4 Å². The molecule has 2 rings (SSSR count). The van der Waals surface area contributed by atoms with Gasteiger partial charge in [0.25, 0.3) is 0 Å². The number of nitrogens with zero attached hydrogens (tertiary/aromatic N) is 2. The van der Waals surface area contributed by atoms with Crippen LogP contribution in [0.5, 0.6) is 0 Å². The van der Waals surface area contributed by atoms with Gasteiger partial charge in [0.15, 0.2) is 0 Å². The van der Waals surface area contributed by atoms with E-state index in [4.69, 9.17) is 9.26 Å². The van der Waals surface area contributed by atoms with Gasteiger partial charge in [0.05, 0.1) is 5.41 Å². The smallest absolute Gasteiger partial charge is 0.233 e. The van der Waals surface area contributed by atoms with Crippen LogP contribution in [0.1, 0.15) is 64.3 Å². The molecule has 1 atom stereocenters. The number of ether oxygens (including phenoxy) is 1. The summed E-state index contributed by atoms with van der Waals surface area (Å²) in [6.07, 6.45) is 4.00. The average Bonchev–Trinajstić information content (AvgIpc) is 2.95. The molecule has 1 aromatic heterocycles. The van der Waals surface area contributed by atoms with E-state index in [2.05, 4.69) is 29.3 Å². The van der Waals surface area contributed by atoms with Crippen LogP contribution < -0.4 is 5.32 Å². The first kappa shape index (κ1) is 14.5. The lowest BCUT2D eigenvalue weighted by Crippen LogP contribution is -2.39. The van der Waals surface area contributed by atoms with Gasteiger partial charge in [-0.3, -0.25) is 0 Å². The first-order valence-corrected chi connectivity index (χ1v) is 7.42. The maximum atomic E-state index is 5.65. The van der Waals surface area contributed by atoms with Crippen LogP contribution in [0.4, 0.5) is 0 Å². The van der Waals surface area contributed by atoms with E-state index in [1.807, 2.05) is 6.92 Å². The second-order valence-electron chi connectivity index (χ2n) is 5.19. The van der Waals surface area contributed by atoms with Crippen molar-refractivity contribution in [2.24, 2.45) is 0 Å². The molecule has 5 nitrogen and oxygen atoms in total. The summed E-state index contributed by atoms with van der Waals surface area (Å²) in [4.78, 5) is 4.64. The lowest BCUT2D eigenvalue weighted by atomic mass is 9.76. The molecule has 0 spiro atoms. The third-order valence-electron chi connectivity index (χ3n) is 4.16. The summed E-state index contributed by atoms with van der Waals surface area (Å²) in [5.74, 6) is 1.50. The fourth-order valence-electron chi connectivity index (χ4n) is 2.78. The number of piperidine rings is 1. The van der Waals surface area contributed by atoms with Gasteiger partial charge in [0, 0.05) is 6.61 Å². The van der Waals surface area contributed by atoms with Crippen LogP contribution in [-0.2, 0) is 10.2 Å². The highest BCUT2D eigenvalue weighted by Gasteiger charge is 2.38. The molecule has 0 aromatic carbocycles. The Morgan fingerprint density at radius 2 is 2.05 bits per heavy atom. The molecule has 0 saturated carbocycles. The summed E-state index contributed by atoms with van der Waals surface area (Å²) in [5.41, 5.74) is 0.0566. The molecule has 0 amide bonds. The van der Waals surface area contributed by atoms with Crippen LogP contribution in [0, 0.1) is 0 Å². The van der Waals surface area contributed by atoms with Gasteiger partial charge in [0.1, 0.15) is 6.10 Å². The van der Waals surface area contributed by atoms with Crippen LogP contribution in [0.15, 0.2) is 4.52 Å². The standard InChI is InChI=1S/C14H25N3O2/c1-4-11(18-6-3)12-16-13(19-17-12)14(5-2)7-9-15-10-8-14/h11,15H,4-10H2,1-3H3. The number of rotatable bonds is 6. The van der Waals surface area contributed by atoms with Gasteiger partial charge < -0.3 is 14.6 Å². The van der Waals surface area contributed by atoms with Crippen molar-refractivity contribution in [2.75, 3.05) is 19.7 Å². The molecule has 1 aliphatic rings. The molecule has 1 fully saturated rings. The van der Waals surface area contributed by atoms with E-state index in [-0.39, 0.29) is 11.5 Å². The Bertz CT molecular complexity index is 386. The summed E-state index contributed by atoms with van der Waals surface area (Å²) in [7, 11) is 0. The van der Waals surface area contributed by atoms with E-state index >= 15 is 0 Å². The molecule has 108 valence electrons. The molecule has 0 bridgehead atoms. The van der Waals surface area contributed by atoms with Crippen molar-refractivity contribution >= 4 is 0 Å². The van der Waals surface area contributed by atoms with Crippen molar-refractivity contribution in [3.63, 3.8) is 0 Å². The van der Waals surface area contributed by atoms with E-state index in [1.165, 1.54) is 0 Å². The molecule has 1 aromatic rings. The van der Waals surface area contributed by atoms with E-state index in [0.717, 1.165) is 44.7 Å². The van der Waals surface area contributed by atoms with Crippen LogP contribution >= 0.6 is 0 Å². The topological polar surface area (TPSA) is 60.2 Å². The fourth-order valence-corrected chi connectivity index (χ4v) is 2.78. The molecule has 1 N–H and O–H groups in total. The minimum atomic E-state index is -0.0434. The van der Waals surface area contributed by atoms with Gasteiger partial charge in [0.2, 0.25) is 11.7 Å². The Labute approximate surface area is 115 Å². The van der Waals surface area contributed by atoms with E-state index < -0.39 is 0 Å². The van der Waals surface area contributed by atoms with Crippen molar-refractivity contribution in [1.29, 1.82) is 0 Å². The maximum Gasteiger partial charge on any atom is 0.233 e. The van der Waals surface area contributed by atoms with Gasteiger partial charge >= 0.3 is 0 Å². The van der Waals surface area contributed by atoms with Crippen molar-refractivity contribution < 1.29 is 9.26 Å². The Morgan fingerprint density at radius 1 is 1.32 bits per heavy atom. The van der Waals surface area contributed by atoms with Crippen molar-refractivity contribution in [3.8, 4) is 0 Å². The molecule has 2 heterocycles. The summed E-state index contributed by atoms with van der Waals surface area (Å²) in [6, 6.07) is 0. The normalized spacial score (nSPS) is 20.4. The molecular weight excluding hydrogens is 242 g/mol. The monoisotopic (exact) mass is 267 g/mol. The SMILES string of the molecule is CCOC(CC)c1noc(C2(CC)CCNCC2)n1. The van der Waals surface area contributed by atoms with Crippen LogP contribution in [0.2, 0.25) is 0 Å². The van der Waals surface area contributed by atoms with E-state index in [1.54, 1.807) is 0 Å². The number of hydrogen-bond acceptors (Lipinski definition) is 5. The van der Waals surface area contributed by atoms with Gasteiger partial charge in [-0.2, -0.15) is 4.98 Å². The van der Waals surface area contributed by atoms with E-state index in [9.17, 15) is 0 Å². The zero-order valence-corrected chi connectivity index (χ0v) is 12.2. The van der Waals surface area contributed by atoms with Gasteiger partial charge in [-0.15, -0.1) is 0 Å². The Hall–Kier alpha value is -0.940. The first-order chi connectivity index (χ1) is 9.25. The van der Waals surface area contributed by atoms with Gasteiger partial charge in [-0.25, -0.2) is 0 Å². The second kappa shape index (κ2) is 6.48. The van der Waals surface area contributed by atoms with Crippen molar-refractivity contribution in [2.45, 2.75) is 58.0 Å². The largest absolute Gasteiger partial charge is 0.370 e. The maximum absolute atomic E-state index is 5.65. The van der Waals surface area contributed by atoms with Crippen molar-refractivity contribution in [1.82, 2.24) is 15.5 Å². The lowest BCUT2D eigenvalue weighted by Gasteiger charge is -2.33. The predicted octanol–water partition coefficient (Wildman–Crippen LogP) is 2.59. The summed E-state index contributed by atoms with van der Waals surface area (Å²) in [6.45, 7) is 8.99. The van der Waals surface area contributed by atoms with Gasteiger partial charge in [-0.1, -0.05) is 19.0 Å². The number of aromatic nitrogens is 2. The molecule has 0 radical (unpaired) electrons. The molecule has 5 heteroatoms. The average molecular weight is 267 g/mol. The Kier molecular flexibility index (Phi) is 4.93. The third-order valence-corrected chi connectivity index (χ3v) is 4.16. The molecular formula is C14H25N3O2. The number of hydrogen-bond donors (Lipinski definition) is 1. The highest BCUT2D eigenvalue weighted by atomic mass is 16.5. The predicted molar refractivity (Wildman–Crippen MR) is 73.0 cm³/mol. The molecule has 1 saturated heterocycles. The number of nitrogens with one attached hydrogen (secondary N) is 1. The first-order valence-electron chi connectivity index (χ1n) is 7.42. The fraction of sp³-hybridized carbons (Fsp3) is 0.857.